The fourth-order valence-corrected chi connectivity index (χ4v) is 4.33. The molecule has 22 heavy (non-hydrogen) atoms. The molecular formula is C13H20N6O2S. The van der Waals surface area contributed by atoms with Crippen molar-refractivity contribution in [3.63, 3.8) is 0 Å². The Kier molecular flexibility index (Phi) is 4.25. The van der Waals surface area contributed by atoms with Gasteiger partial charge in [-0.05, 0) is 6.42 Å². The van der Waals surface area contributed by atoms with E-state index in [0.717, 1.165) is 12.4 Å². The number of aromatic nitrogens is 5. The molecule has 0 fully saturated rings. The highest BCUT2D eigenvalue weighted by atomic mass is 32.2. The zero-order valence-corrected chi connectivity index (χ0v) is 13.4. The lowest BCUT2D eigenvalue weighted by atomic mass is 10.1. The third-order valence-electron chi connectivity index (χ3n) is 3.80. The van der Waals surface area contributed by atoms with Crippen LogP contribution in [0.15, 0.2) is 25.0 Å². The summed E-state index contributed by atoms with van der Waals surface area (Å²) in [7, 11) is -3.25. The van der Waals surface area contributed by atoms with Crippen LogP contribution < -0.4 is 0 Å². The fourth-order valence-electron chi connectivity index (χ4n) is 2.81. The molecule has 0 unspecified atom stereocenters. The lowest BCUT2D eigenvalue weighted by molar-refractivity contribution is 0.302. The standard InChI is InChI=1S/C13H20N6O2S/c1-2-5-22(20,21)19-8-12(7-18-11-14-10-16-18)6-17-4-3-15-13(17)9-19/h3-4,10-12H,2,5-9H2,1H3/t12-/m1/s1. The minimum absolute atomic E-state index is 0.129. The zero-order valence-electron chi connectivity index (χ0n) is 12.5. The first-order valence-electron chi connectivity index (χ1n) is 7.38. The molecule has 120 valence electrons. The molecule has 3 heterocycles. The number of sulfonamides is 1. The molecular weight excluding hydrogens is 304 g/mol. The maximum atomic E-state index is 12.5. The molecule has 0 N–H and O–H groups in total. The van der Waals surface area contributed by atoms with Crippen molar-refractivity contribution in [2.45, 2.75) is 33.0 Å². The van der Waals surface area contributed by atoms with E-state index in [2.05, 4.69) is 15.1 Å². The van der Waals surface area contributed by atoms with Crippen LogP contribution in [0.5, 0.6) is 0 Å². The topological polar surface area (TPSA) is 85.9 Å². The van der Waals surface area contributed by atoms with E-state index in [1.165, 1.54) is 6.33 Å². The Labute approximate surface area is 129 Å². The van der Waals surface area contributed by atoms with Gasteiger partial charge in [0.15, 0.2) is 0 Å². The minimum atomic E-state index is -3.25. The van der Waals surface area contributed by atoms with Gasteiger partial charge in [-0.1, -0.05) is 6.92 Å². The van der Waals surface area contributed by atoms with Gasteiger partial charge in [-0.25, -0.2) is 18.4 Å². The zero-order chi connectivity index (χ0) is 15.6. The van der Waals surface area contributed by atoms with E-state index in [-0.39, 0.29) is 11.7 Å². The molecule has 0 radical (unpaired) electrons. The maximum absolute atomic E-state index is 12.5. The van der Waals surface area contributed by atoms with Crippen LogP contribution in [0.3, 0.4) is 0 Å². The second-order valence-corrected chi connectivity index (χ2v) is 7.68. The summed E-state index contributed by atoms with van der Waals surface area (Å²) in [6, 6.07) is 0. The fraction of sp³-hybridized carbons (Fsp3) is 0.615. The van der Waals surface area contributed by atoms with Crippen LogP contribution in [0.2, 0.25) is 0 Å². The van der Waals surface area contributed by atoms with Crippen LogP contribution in [0, 0.1) is 5.92 Å². The average Bonchev–Trinajstić information content (AvgIpc) is 3.08. The summed E-state index contributed by atoms with van der Waals surface area (Å²) in [5, 5.41) is 4.12. The molecule has 0 spiro atoms. The molecule has 0 bridgehead atoms. The maximum Gasteiger partial charge on any atom is 0.214 e. The molecule has 1 aliphatic heterocycles. The molecule has 1 aliphatic rings. The third-order valence-corrected chi connectivity index (χ3v) is 5.79. The van der Waals surface area contributed by atoms with Crippen LogP contribution >= 0.6 is 0 Å². The largest absolute Gasteiger partial charge is 0.333 e. The number of imidazole rings is 1. The molecule has 2 aromatic rings. The van der Waals surface area contributed by atoms with Gasteiger partial charge in [0.1, 0.15) is 18.5 Å². The molecule has 0 aliphatic carbocycles. The second-order valence-electron chi connectivity index (χ2n) is 5.59. The van der Waals surface area contributed by atoms with Gasteiger partial charge in [-0.3, -0.25) is 4.68 Å². The Morgan fingerprint density at radius 3 is 2.95 bits per heavy atom. The van der Waals surface area contributed by atoms with Crippen molar-refractivity contribution in [2.75, 3.05) is 12.3 Å². The number of hydrogen-bond acceptors (Lipinski definition) is 5. The highest BCUT2D eigenvalue weighted by Crippen LogP contribution is 2.20. The van der Waals surface area contributed by atoms with E-state index in [0.29, 0.717) is 26.1 Å². The van der Waals surface area contributed by atoms with Crippen LogP contribution in [-0.4, -0.2) is 49.3 Å². The van der Waals surface area contributed by atoms with E-state index >= 15 is 0 Å². The van der Waals surface area contributed by atoms with E-state index < -0.39 is 10.0 Å². The van der Waals surface area contributed by atoms with Crippen LogP contribution in [0.1, 0.15) is 19.2 Å². The summed E-state index contributed by atoms with van der Waals surface area (Å²) < 4.78 is 30.3. The summed E-state index contributed by atoms with van der Waals surface area (Å²) >= 11 is 0. The number of fused-ring (bicyclic) bond motifs is 1. The summed E-state index contributed by atoms with van der Waals surface area (Å²) in [5.41, 5.74) is 0. The van der Waals surface area contributed by atoms with Crippen molar-refractivity contribution in [1.82, 2.24) is 28.6 Å². The summed E-state index contributed by atoms with van der Waals surface area (Å²) in [6.07, 6.45) is 7.38. The predicted molar refractivity (Wildman–Crippen MR) is 80.2 cm³/mol. The first-order valence-corrected chi connectivity index (χ1v) is 8.99. The Morgan fingerprint density at radius 2 is 2.23 bits per heavy atom. The Hall–Kier alpha value is -1.74. The molecule has 9 heteroatoms. The van der Waals surface area contributed by atoms with Gasteiger partial charge >= 0.3 is 0 Å². The smallest absolute Gasteiger partial charge is 0.214 e. The normalized spacial score (nSPS) is 19.8. The van der Waals surface area contributed by atoms with Crippen LogP contribution in [0.4, 0.5) is 0 Å². The van der Waals surface area contributed by atoms with Crippen LogP contribution in [0.25, 0.3) is 0 Å². The number of nitrogens with zero attached hydrogens (tertiary/aromatic N) is 6. The predicted octanol–water partition coefficient (Wildman–Crippen LogP) is 0.346. The average molecular weight is 324 g/mol. The van der Waals surface area contributed by atoms with Crippen molar-refractivity contribution < 1.29 is 8.42 Å². The Balaban J connectivity index is 1.86. The van der Waals surface area contributed by atoms with E-state index in [9.17, 15) is 8.42 Å². The molecule has 0 saturated carbocycles. The summed E-state index contributed by atoms with van der Waals surface area (Å²) in [5.74, 6) is 1.09. The van der Waals surface area contributed by atoms with Gasteiger partial charge < -0.3 is 4.57 Å². The van der Waals surface area contributed by atoms with E-state index in [1.807, 2.05) is 17.7 Å². The summed E-state index contributed by atoms with van der Waals surface area (Å²) in [6.45, 7) is 4.06. The van der Waals surface area contributed by atoms with Crippen molar-refractivity contribution in [3.05, 3.63) is 30.9 Å². The SMILES string of the molecule is CCCS(=O)(=O)N1Cc2nccn2C[C@H](Cn2cncn2)C1. The lowest BCUT2D eigenvalue weighted by Gasteiger charge is -2.23. The first kappa shape index (κ1) is 15.2. The van der Waals surface area contributed by atoms with Crippen LogP contribution in [-0.2, 0) is 29.7 Å². The van der Waals surface area contributed by atoms with Crippen molar-refractivity contribution in [2.24, 2.45) is 5.92 Å². The van der Waals surface area contributed by atoms with Gasteiger partial charge in [0.05, 0.1) is 12.3 Å². The monoisotopic (exact) mass is 324 g/mol. The molecule has 0 saturated heterocycles. The third kappa shape index (κ3) is 3.20. The van der Waals surface area contributed by atoms with E-state index in [1.54, 1.807) is 21.5 Å². The van der Waals surface area contributed by atoms with Gasteiger partial charge in [0, 0.05) is 37.9 Å². The highest BCUT2D eigenvalue weighted by molar-refractivity contribution is 7.89. The van der Waals surface area contributed by atoms with E-state index in [4.69, 9.17) is 0 Å². The van der Waals surface area contributed by atoms with Crippen molar-refractivity contribution in [3.8, 4) is 0 Å². The molecule has 0 amide bonds. The molecule has 3 rings (SSSR count). The Morgan fingerprint density at radius 1 is 1.36 bits per heavy atom. The van der Waals surface area contributed by atoms with Crippen molar-refractivity contribution >= 4 is 10.0 Å². The molecule has 1 atom stereocenters. The lowest BCUT2D eigenvalue weighted by Crippen LogP contribution is -2.36. The molecule has 0 aromatic carbocycles. The number of hydrogen-bond donors (Lipinski definition) is 0. The van der Waals surface area contributed by atoms with Gasteiger partial charge in [-0.2, -0.15) is 9.40 Å². The van der Waals surface area contributed by atoms with Gasteiger partial charge in [-0.15, -0.1) is 0 Å². The minimum Gasteiger partial charge on any atom is -0.333 e. The first-order chi connectivity index (χ1) is 10.6. The second kappa shape index (κ2) is 6.17. The molecule has 2 aromatic heterocycles. The summed E-state index contributed by atoms with van der Waals surface area (Å²) in [4.78, 5) is 8.24. The van der Waals surface area contributed by atoms with Gasteiger partial charge in [0.2, 0.25) is 10.0 Å². The van der Waals surface area contributed by atoms with Crippen molar-refractivity contribution in [1.29, 1.82) is 0 Å². The molecule has 8 nitrogen and oxygen atoms in total. The quantitative estimate of drug-likeness (QED) is 0.792. The highest BCUT2D eigenvalue weighted by Gasteiger charge is 2.30. The Bertz CT molecular complexity index is 709. The van der Waals surface area contributed by atoms with Gasteiger partial charge in [0.25, 0.3) is 0 Å². The number of rotatable bonds is 5.